The first-order chi connectivity index (χ1) is 9.64. The summed E-state index contributed by atoms with van der Waals surface area (Å²) in [7, 11) is 1.54. The predicted octanol–water partition coefficient (Wildman–Crippen LogP) is 1.52. The van der Waals surface area contributed by atoms with E-state index in [9.17, 15) is 4.79 Å². The van der Waals surface area contributed by atoms with E-state index in [-0.39, 0.29) is 5.91 Å². The van der Waals surface area contributed by atoms with E-state index in [0.717, 1.165) is 12.1 Å². The summed E-state index contributed by atoms with van der Waals surface area (Å²) in [6, 6.07) is 7.62. The lowest BCUT2D eigenvalue weighted by Crippen LogP contribution is -2.36. The Balaban J connectivity index is 2.75. The quantitative estimate of drug-likeness (QED) is 0.819. The van der Waals surface area contributed by atoms with Crippen LogP contribution in [0.3, 0.4) is 0 Å². The van der Waals surface area contributed by atoms with Crippen LogP contribution in [-0.2, 0) is 11.3 Å². The van der Waals surface area contributed by atoms with Crippen molar-refractivity contribution in [2.75, 3.05) is 26.7 Å². The smallest absolute Gasteiger partial charge is 0.234 e. The minimum Gasteiger partial charge on any atom is -0.495 e. The van der Waals surface area contributed by atoms with Crippen LogP contribution in [0.5, 0.6) is 5.75 Å². The predicted molar refractivity (Wildman–Crippen MR) is 77.3 cm³/mol. The van der Waals surface area contributed by atoms with Gasteiger partial charge in [-0.3, -0.25) is 9.69 Å². The van der Waals surface area contributed by atoms with Crippen LogP contribution >= 0.6 is 0 Å². The summed E-state index contributed by atoms with van der Waals surface area (Å²) < 4.78 is 5.12. The van der Waals surface area contributed by atoms with Crippen molar-refractivity contribution in [1.29, 1.82) is 5.26 Å². The van der Waals surface area contributed by atoms with Crippen molar-refractivity contribution in [3.63, 3.8) is 0 Å². The second kappa shape index (κ2) is 8.18. The summed E-state index contributed by atoms with van der Waals surface area (Å²) in [5.41, 5.74) is 1.51. The Morgan fingerprint density at radius 2 is 2.20 bits per heavy atom. The molecular weight excluding hydrogens is 254 g/mol. The highest BCUT2D eigenvalue weighted by Gasteiger charge is 2.10. The van der Waals surface area contributed by atoms with Crippen LogP contribution < -0.4 is 10.1 Å². The van der Waals surface area contributed by atoms with E-state index < -0.39 is 0 Å². The summed E-state index contributed by atoms with van der Waals surface area (Å²) in [5, 5.41) is 11.9. The lowest BCUT2D eigenvalue weighted by molar-refractivity contribution is -0.122. The number of ether oxygens (including phenoxy) is 1. The molecule has 0 aromatic heterocycles. The highest BCUT2D eigenvalue weighted by molar-refractivity contribution is 5.77. The summed E-state index contributed by atoms with van der Waals surface area (Å²) in [6.07, 6.45) is 0. The molecule has 0 saturated carbocycles. The SMILES string of the molecule is CCNC(=O)CN(CC)Cc1ccc(OC)c(C#N)c1. The van der Waals surface area contributed by atoms with Gasteiger partial charge in [0.25, 0.3) is 0 Å². The fraction of sp³-hybridized carbons (Fsp3) is 0.467. The van der Waals surface area contributed by atoms with Gasteiger partial charge in [0.2, 0.25) is 5.91 Å². The average molecular weight is 275 g/mol. The number of hydrogen-bond donors (Lipinski definition) is 1. The molecule has 1 amide bonds. The van der Waals surface area contributed by atoms with Gasteiger partial charge >= 0.3 is 0 Å². The molecule has 0 atom stereocenters. The normalized spacial score (nSPS) is 10.2. The summed E-state index contributed by atoms with van der Waals surface area (Å²) in [4.78, 5) is 13.6. The molecule has 0 bridgehead atoms. The maximum Gasteiger partial charge on any atom is 0.234 e. The topological polar surface area (TPSA) is 65.4 Å². The number of carbonyl (C=O) groups is 1. The third-order valence-corrected chi connectivity index (χ3v) is 2.98. The number of carbonyl (C=O) groups excluding carboxylic acids is 1. The third-order valence-electron chi connectivity index (χ3n) is 2.98. The zero-order chi connectivity index (χ0) is 15.0. The van der Waals surface area contributed by atoms with Crippen LogP contribution in [0.25, 0.3) is 0 Å². The van der Waals surface area contributed by atoms with E-state index >= 15 is 0 Å². The number of rotatable bonds is 7. The molecule has 0 unspecified atom stereocenters. The van der Waals surface area contributed by atoms with Crippen molar-refractivity contribution in [2.45, 2.75) is 20.4 Å². The molecule has 0 heterocycles. The van der Waals surface area contributed by atoms with Crippen molar-refractivity contribution < 1.29 is 9.53 Å². The number of likely N-dealkylation sites (N-methyl/N-ethyl adjacent to an activating group) is 2. The van der Waals surface area contributed by atoms with Gasteiger partial charge in [-0.15, -0.1) is 0 Å². The molecule has 0 radical (unpaired) electrons. The largest absolute Gasteiger partial charge is 0.495 e. The van der Waals surface area contributed by atoms with Crippen LogP contribution in [0.2, 0.25) is 0 Å². The van der Waals surface area contributed by atoms with E-state index in [1.54, 1.807) is 19.2 Å². The van der Waals surface area contributed by atoms with Crippen molar-refractivity contribution >= 4 is 5.91 Å². The maximum atomic E-state index is 11.6. The molecule has 0 aliphatic rings. The number of nitriles is 1. The summed E-state index contributed by atoms with van der Waals surface area (Å²) in [6.45, 7) is 6.30. The van der Waals surface area contributed by atoms with Crippen molar-refractivity contribution in [3.8, 4) is 11.8 Å². The summed E-state index contributed by atoms with van der Waals surface area (Å²) >= 11 is 0. The van der Waals surface area contributed by atoms with Gasteiger partial charge in [0.1, 0.15) is 11.8 Å². The minimum absolute atomic E-state index is 0.0170. The van der Waals surface area contributed by atoms with Crippen LogP contribution in [0, 0.1) is 11.3 Å². The Morgan fingerprint density at radius 3 is 2.75 bits per heavy atom. The van der Waals surface area contributed by atoms with Crippen molar-refractivity contribution in [1.82, 2.24) is 10.2 Å². The Labute approximate surface area is 120 Å². The molecule has 0 aliphatic carbocycles. The van der Waals surface area contributed by atoms with Crippen molar-refractivity contribution in [2.24, 2.45) is 0 Å². The molecule has 5 heteroatoms. The van der Waals surface area contributed by atoms with Gasteiger partial charge in [0.15, 0.2) is 0 Å². The lowest BCUT2D eigenvalue weighted by atomic mass is 10.1. The first kappa shape index (κ1) is 16.0. The molecule has 1 rings (SSSR count). The minimum atomic E-state index is 0.0170. The molecule has 0 fully saturated rings. The third kappa shape index (κ3) is 4.56. The van der Waals surface area contributed by atoms with E-state index in [0.29, 0.717) is 30.9 Å². The van der Waals surface area contributed by atoms with Gasteiger partial charge in [-0.25, -0.2) is 0 Å². The second-order valence-corrected chi connectivity index (χ2v) is 4.40. The molecule has 0 spiro atoms. The molecule has 1 aromatic rings. The standard InChI is InChI=1S/C15H21N3O2/c1-4-17-15(19)11-18(5-2)10-12-6-7-14(20-3)13(8-12)9-16/h6-8H,4-5,10-11H2,1-3H3,(H,17,19). The lowest BCUT2D eigenvalue weighted by Gasteiger charge is -2.20. The number of amides is 1. The highest BCUT2D eigenvalue weighted by atomic mass is 16.5. The van der Waals surface area contributed by atoms with Gasteiger partial charge in [-0.2, -0.15) is 5.26 Å². The van der Waals surface area contributed by atoms with E-state index in [1.165, 1.54) is 0 Å². The molecule has 0 aliphatic heterocycles. The number of nitrogens with one attached hydrogen (secondary N) is 1. The fourth-order valence-electron chi connectivity index (χ4n) is 1.93. The average Bonchev–Trinajstić information content (AvgIpc) is 2.46. The first-order valence-corrected chi connectivity index (χ1v) is 6.70. The van der Waals surface area contributed by atoms with Gasteiger partial charge in [0, 0.05) is 13.1 Å². The Morgan fingerprint density at radius 1 is 1.45 bits per heavy atom. The van der Waals surface area contributed by atoms with E-state index in [2.05, 4.69) is 11.4 Å². The number of nitrogens with zero attached hydrogens (tertiary/aromatic N) is 2. The molecule has 5 nitrogen and oxygen atoms in total. The van der Waals surface area contributed by atoms with Crippen LogP contribution in [0.15, 0.2) is 18.2 Å². The highest BCUT2D eigenvalue weighted by Crippen LogP contribution is 2.19. The maximum absolute atomic E-state index is 11.6. The molecule has 1 aromatic carbocycles. The second-order valence-electron chi connectivity index (χ2n) is 4.40. The van der Waals surface area contributed by atoms with Gasteiger partial charge in [0.05, 0.1) is 19.2 Å². The molecule has 1 N–H and O–H groups in total. The van der Waals surface area contributed by atoms with Gasteiger partial charge in [-0.1, -0.05) is 13.0 Å². The zero-order valence-corrected chi connectivity index (χ0v) is 12.3. The number of methoxy groups -OCH3 is 1. The zero-order valence-electron chi connectivity index (χ0n) is 12.3. The van der Waals surface area contributed by atoms with Gasteiger partial charge in [-0.05, 0) is 31.2 Å². The molecule has 0 saturated heterocycles. The van der Waals surface area contributed by atoms with E-state index in [1.807, 2.05) is 24.8 Å². The molecular formula is C15H21N3O2. The Bertz CT molecular complexity index is 494. The monoisotopic (exact) mass is 275 g/mol. The van der Waals surface area contributed by atoms with Crippen LogP contribution in [0.4, 0.5) is 0 Å². The number of benzene rings is 1. The number of hydrogen-bond acceptors (Lipinski definition) is 4. The fourth-order valence-corrected chi connectivity index (χ4v) is 1.93. The van der Waals surface area contributed by atoms with Crippen molar-refractivity contribution in [3.05, 3.63) is 29.3 Å². The van der Waals surface area contributed by atoms with Gasteiger partial charge < -0.3 is 10.1 Å². The molecule has 108 valence electrons. The summed E-state index contributed by atoms with van der Waals surface area (Å²) in [5.74, 6) is 0.589. The Kier molecular flexibility index (Phi) is 6.54. The van der Waals surface area contributed by atoms with Crippen LogP contribution in [-0.4, -0.2) is 37.6 Å². The molecule has 20 heavy (non-hydrogen) atoms. The first-order valence-electron chi connectivity index (χ1n) is 6.70. The Hall–Kier alpha value is -2.06. The van der Waals surface area contributed by atoms with Crippen LogP contribution in [0.1, 0.15) is 25.0 Å². The van der Waals surface area contributed by atoms with E-state index in [4.69, 9.17) is 10.00 Å².